The Balaban J connectivity index is 0.000000606. The summed E-state index contributed by atoms with van der Waals surface area (Å²) in [5.74, 6) is 0.274. The quantitative estimate of drug-likeness (QED) is 0.435. The number of piperazine rings is 1. The van der Waals surface area contributed by atoms with Crippen LogP contribution in [-0.4, -0.2) is 112 Å². The summed E-state index contributed by atoms with van der Waals surface area (Å²) < 4.78 is 39.1. The van der Waals surface area contributed by atoms with E-state index in [0.29, 0.717) is 74.4 Å². The molecule has 1 aromatic carbocycles. The molecule has 10 nitrogen and oxygen atoms in total. The van der Waals surface area contributed by atoms with Crippen LogP contribution >= 0.6 is 0 Å². The molecule has 0 aliphatic carbocycles. The number of likely N-dealkylation sites (tertiary alicyclic amines) is 1. The van der Waals surface area contributed by atoms with Gasteiger partial charge in [0.05, 0.1) is 28.3 Å². The van der Waals surface area contributed by atoms with Crippen LogP contribution < -0.4 is 0 Å². The summed E-state index contributed by atoms with van der Waals surface area (Å²) in [5.41, 5.74) is 1.41. The number of amides is 1. The first-order chi connectivity index (χ1) is 21.9. The second-order valence-electron chi connectivity index (χ2n) is 13.0. The van der Waals surface area contributed by atoms with Gasteiger partial charge in [0.15, 0.2) is 0 Å². The highest BCUT2D eigenvalue weighted by Gasteiger charge is 2.44. The molecule has 5 rings (SSSR count). The Morgan fingerprint density at radius 2 is 1.65 bits per heavy atom. The Morgan fingerprint density at radius 3 is 2.15 bits per heavy atom. The number of rotatable bonds is 7. The maximum absolute atomic E-state index is 13.2. The highest BCUT2D eigenvalue weighted by molar-refractivity contribution is 7.89. The summed E-state index contributed by atoms with van der Waals surface area (Å²) in [6.07, 6.45) is 5.21. The van der Waals surface area contributed by atoms with Gasteiger partial charge in [-0.2, -0.15) is 5.26 Å². The number of hydrogen-bond acceptors (Lipinski definition) is 8. The number of nitrogens with zero attached hydrogens (tertiary/aromatic N) is 7. The highest BCUT2D eigenvalue weighted by Crippen LogP contribution is 2.32. The zero-order chi connectivity index (χ0) is 33.5. The first-order valence-corrected chi connectivity index (χ1v) is 18.1. The second-order valence-corrected chi connectivity index (χ2v) is 15.4. The van der Waals surface area contributed by atoms with Crippen molar-refractivity contribution in [3.05, 3.63) is 59.4 Å². The van der Waals surface area contributed by atoms with Gasteiger partial charge in [-0.15, -0.1) is 0 Å². The monoisotopic (exact) mass is 655 g/mol. The fourth-order valence-electron chi connectivity index (χ4n) is 6.85. The van der Waals surface area contributed by atoms with Crippen molar-refractivity contribution in [1.82, 2.24) is 29.0 Å². The maximum atomic E-state index is 13.2. The van der Waals surface area contributed by atoms with Crippen molar-refractivity contribution in [3.8, 4) is 6.07 Å². The summed E-state index contributed by atoms with van der Waals surface area (Å²) in [4.78, 5) is 28.4. The summed E-state index contributed by atoms with van der Waals surface area (Å²) in [7, 11) is -3.19. The number of carbonyl (C=O) groups is 1. The molecule has 3 saturated heterocycles. The lowest BCUT2D eigenvalue weighted by atomic mass is 9.85. The van der Waals surface area contributed by atoms with Gasteiger partial charge in [-0.1, -0.05) is 25.1 Å². The molecule has 0 spiro atoms. The molecule has 4 heterocycles. The van der Waals surface area contributed by atoms with Crippen molar-refractivity contribution in [2.45, 2.75) is 83.6 Å². The van der Waals surface area contributed by atoms with E-state index in [2.05, 4.69) is 32.8 Å². The largest absolute Gasteiger partial charge is 0.338 e. The molecule has 1 unspecified atom stereocenters. The summed E-state index contributed by atoms with van der Waals surface area (Å²) >= 11 is 0. The van der Waals surface area contributed by atoms with Crippen molar-refractivity contribution in [2.75, 3.05) is 52.4 Å². The molecular weight excluding hydrogens is 605 g/mol. The number of benzene rings is 1. The second kappa shape index (κ2) is 15.7. The summed E-state index contributed by atoms with van der Waals surface area (Å²) in [6.45, 7) is 15.5. The van der Waals surface area contributed by atoms with Crippen molar-refractivity contribution >= 4 is 15.9 Å². The normalized spacial score (nSPS) is 22.4. The predicted octanol–water partition coefficient (Wildman–Crippen LogP) is 4.26. The van der Waals surface area contributed by atoms with Crippen molar-refractivity contribution in [3.63, 3.8) is 0 Å². The van der Waals surface area contributed by atoms with Gasteiger partial charge in [0, 0.05) is 58.4 Å². The Morgan fingerprint density at radius 1 is 1.04 bits per heavy atom. The standard InChI is InChI=1S/C28H45N7O3S.C6H5F/c1-6-22(3)39(37,38)35-11-7-25(8-12-35)18-33-15-16-34(17-21(33)2)28(19-29)9-13-32(14-10-28)27(36)26-23(4)30-20-31-24(26)5;7-6-4-2-1-3-5-6/h20-22,25H,6-18H2,1-5H3;1-5H/t21-,22?;/m0./s1. The van der Waals surface area contributed by atoms with Crippen LogP contribution in [0.3, 0.4) is 0 Å². The van der Waals surface area contributed by atoms with E-state index in [1.807, 2.05) is 25.7 Å². The maximum Gasteiger partial charge on any atom is 0.257 e. The Hall–Kier alpha value is -2.98. The van der Waals surface area contributed by atoms with Crippen LogP contribution in [0.15, 0.2) is 36.7 Å². The van der Waals surface area contributed by atoms with Crippen LogP contribution in [-0.2, 0) is 10.0 Å². The molecule has 3 aliphatic heterocycles. The van der Waals surface area contributed by atoms with E-state index in [4.69, 9.17) is 0 Å². The molecule has 1 amide bonds. The molecule has 2 aromatic rings. The van der Waals surface area contributed by atoms with Gasteiger partial charge < -0.3 is 4.90 Å². The molecule has 0 bridgehead atoms. The van der Waals surface area contributed by atoms with Gasteiger partial charge in [-0.3, -0.25) is 14.6 Å². The number of carbonyl (C=O) groups excluding carboxylic acids is 1. The third-order valence-electron chi connectivity index (χ3n) is 10.1. The lowest BCUT2D eigenvalue weighted by Gasteiger charge is -2.50. The minimum atomic E-state index is -3.19. The van der Waals surface area contributed by atoms with E-state index < -0.39 is 15.6 Å². The average molecular weight is 656 g/mol. The number of sulfonamides is 1. The molecule has 2 atom stereocenters. The minimum absolute atomic E-state index is 0.0432. The molecule has 12 heteroatoms. The van der Waals surface area contributed by atoms with Gasteiger partial charge in [0.2, 0.25) is 10.0 Å². The minimum Gasteiger partial charge on any atom is -0.338 e. The molecule has 3 fully saturated rings. The van der Waals surface area contributed by atoms with Gasteiger partial charge in [-0.05, 0) is 77.8 Å². The molecule has 0 radical (unpaired) electrons. The Bertz CT molecular complexity index is 1430. The van der Waals surface area contributed by atoms with Crippen LogP contribution in [0.25, 0.3) is 0 Å². The lowest BCUT2D eigenvalue weighted by molar-refractivity contribution is -0.00607. The Labute approximate surface area is 274 Å². The van der Waals surface area contributed by atoms with Gasteiger partial charge in [0.25, 0.3) is 5.91 Å². The smallest absolute Gasteiger partial charge is 0.257 e. The van der Waals surface area contributed by atoms with E-state index >= 15 is 0 Å². The van der Waals surface area contributed by atoms with E-state index in [0.717, 1.165) is 39.0 Å². The van der Waals surface area contributed by atoms with Crippen LogP contribution in [0, 0.1) is 36.9 Å². The van der Waals surface area contributed by atoms with Crippen molar-refractivity contribution in [1.29, 1.82) is 5.26 Å². The highest BCUT2D eigenvalue weighted by atomic mass is 32.2. The number of aryl methyl sites for hydroxylation is 2. The number of hydrogen-bond donors (Lipinski definition) is 0. The number of nitriles is 1. The van der Waals surface area contributed by atoms with Gasteiger partial charge >= 0.3 is 0 Å². The first kappa shape index (κ1) is 35.9. The third kappa shape index (κ3) is 8.29. The van der Waals surface area contributed by atoms with Crippen molar-refractivity contribution < 1.29 is 17.6 Å². The van der Waals surface area contributed by atoms with Gasteiger partial charge in [-0.25, -0.2) is 27.1 Å². The first-order valence-electron chi connectivity index (χ1n) is 16.6. The number of piperidine rings is 2. The van der Waals surface area contributed by atoms with E-state index in [-0.39, 0.29) is 17.0 Å². The van der Waals surface area contributed by atoms with E-state index in [1.165, 1.54) is 18.5 Å². The van der Waals surface area contributed by atoms with Crippen LogP contribution in [0.4, 0.5) is 4.39 Å². The van der Waals surface area contributed by atoms with Crippen LogP contribution in [0.1, 0.15) is 74.6 Å². The molecule has 0 N–H and O–H groups in total. The summed E-state index contributed by atoms with van der Waals surface area (Å²) in [5, 5.41) is 9.98. The van der Waals surface area contributed by atoms with Crippen LogP contribution in [0.2, 0.25) is 0 Å². The lowest BCUT2D eigenvalue weighted by Crippen LogP contribution is -2.63. The number of halogens is 1. The van der Waals surface area contributed by atoms with Crippen LogP contribution in [0.5, 0.6) is 0 Å². The third-order valence-corrected chi connectivity index (χ3v) is 12.6. The summed E-state index contributed by atoms with van der Waals surface area (Å²) in [6, 6.07) is 10.9. The fraction of sp³-hybridized carbons (Fsp3) is 0.647. The fourth-order valence-corrected chi connectivity index (χ4v) is 8.50. The van der Waals surface area contributed by atoms with Gasteiger partial charge in [0.1, 0.15) is 17.7 Å². The molecular formula is C34H50FN7O3S. The zero-order valence-electron chi connectivity index (χ0n) is 28.0. The molecule has 1 aromatic heterocycles. The molecule has 252 valence electrons. The molecule has 46 heavy (non-hydrogen) atoms. The van der Waals surface area contributed by atoms with E-state index in [1.54, 1.807) is 29.4 Å². The number of aromatic nitrogens is 2. The molecule has 3 aliphatic rings. The predicted molar refractivity (Wildman–Crippen MR) is 177 cm³/mol. The Kier molecular flexibility index (Phi) is 12.3. The van der Waals surface area contributed by atoms with E-state index in [9.17, 15) is 22.9 Å². The molecule has 0 saturated carbocycles. The average Bonchev–Trinajstić information content (AvgIpc) is 3.06. The zero-order valence-corrected chi connectivity index (χ0v) is 28.8. The topological polar surface area (TPSA) is 114 Å². The SMILES string of the molecule is CCC(C)S(=O)(=O)N1CCC(CN2CCN(C3(C#N)CCN(C(=O)c4c(C)ncnc4C)CC3)C[C@@H]2C)CC1.Fc1ccccc1. The van der Waals surface area contributed by atoms with Crippen molar-refractivity contribution in [2.24, 2.45) is 5.92 Å².